The zero-order valence-corrected chi connectivity index (χ0v) is 17.7. The van der Waals surface area contributed by atoms with Gasteiger partial charge in [0, 0.05) is 6.04 Å². The zero-order chi connectivity index (χ0) is 20.9. The highest BCUT2D eigenvalue weighted by atomic mass is 32.2. The Labute approximate surface area is 180 Å². The van der Waals surface area contributed by atoms with Gasteiger partial charge in [0.25, 0.3) is 0 Å². The van der Waals surface area contributed by atoms with Crippen molar-refractivity contribution in [1.82, 2.24) is 20.1 Å². The third-order valence-corrected chi connectivity index (χ3v) is 6.08. The molecule has 1 fully saturated rings. The fraction of sp³-hybridized carbons (Fsp3) is 0.348. The number of hydrogen-bond donors (Lipinski definition) is 1. The first-order valence-electron chi connectivity index (χ1n) is 10.3. The van der Waals surface area contributed by atoms with Crippen molar-refractivity contribution in [3.8, 4) is 11.4 Å². The van der Waals surface area contributed by atoms with Crippen molar-refractivity contribution in [2.24, 2.45) is 0 Å². The Kier molecular flexibility index (Phi) is 6.47. The Morgan fingerprint density at radius 1 is 1.17 bits per heavy atom. The van der Waals surface area contributed by atoms with E-state index in [1.807, 2.05) is 34.9 Å². The molecule has 1 aliphatic rings. The van der Waals surface area contributed by atoms with Crippen LogP contribution in [0.3, 0.4) is 0 Å². The van der Waals surface area contributed by atoms with Crippen LogP contribution in [-0.4, -0.2) is 26.4 Å². The summed E-state index contributed by atoms with van der Waals surface area (Å²) in [6, 6.07) is 16.9. The van der Waals surface area contributed by atoms with E-state index in [9.17, 15) is 9.18 Å². The van der Waals surface area contributed by atoms with Crippen molar-refractivity contribution in [2.45, 2.75) is 49.8 Å². The minimum absolute atomic E-state index is 0.000391. The summed E-state index contributed by atoms with van der Waals surface area (Å²) in [7, 11) is 0. The van der Waals surface area contributed by atoms with Gasteiger partial charge in [0.15, 0.2) is 11.0 Å². The van der Waals surface area contributed by atoms with E-state index in [0.717, 1.165) is 31.2 Å². The van der Waals surface area contributed by atoms with E-state index in [4.69, 9.17) is 0 Å². The highest BCUT2D eigenvalue weighted by Gasteiger charge is 2.31. The largest absolute Gasteiger partial charge is 0.349 e. The number of amides is 1. The van der Waals surface area contributed by atoms with Gasteiger partial charge in [-0.1, -0.05) is 67.6 Å². The van der Waals surface area contributed by atoms with Crippen LogP contribution in [0.2, 0.25) is 0 Å². The number of aromatic nitrogens is 3. The Bertz CT molecular complexity index is 1000. The van der Waals surface area contributed by atoms with Crippen LogP contribution in [0.15, 0.2) is 59.8 Å². The van der Waals surface area contributed by atoms with Crippen molar-refractivity contribution in [1.29, 1.82) is 0 Å². The molecule has 0 bridgehead atoms. The molecule has 1 heterocycles. The molecule has 1 amide bonds. The standard InChI is InChI=1S/C23H25FN4OS/c1-2-8-20(16-9-4-3-5-10-16)25-21(29)15-30-23-27-26-22(28(23)17-13-14-17)18-11-6-7-12-19(18)24/h3-7,9-12,17,20H,2,8,13-15H2,1H3,(H,25,29)/t20-/m0/s1. The predicted molar refractivity (Wildman–Crippen MR) is 117 cm³/mol. The van der Waals surface area contributed by atoms with Gasteiger partial charge < -0.3 is 5.32 Å². The number of halogens is 1. The van der Waals surface area contributed by atoms with Gasteiger partial charge in [-0.05, 0) is 37.0 Å². The second-order valence-corrected chi connectivity index (χ2v) is 8.44. The molecule has 30 heavy (non-hydrogen) atoms. The Morgan fingerprint density at radius 2 is 1.90 bits per heavy atom. The molecule has 1 N–H and O–H groups in total. The van der Waals surface area contributed by atoms with Crippen molar-refractivity contribution in [3.05, 3.63) is 66.0 Å². The molecule has 5 nitrogen and oxygen atoms in total. The van der Waals surface area contributed by atoms with Crippen LogP contribution in [0, 0.1) is 5.82 Å². The van der Waals surface area contributed by atoms with Crippen molar-refractivity contribution in [3.63, 3.8) is 0 Å². The van der Waals surface area contributed by atoms with E-state index in [1.54, 1.807) is 18.2 Å². The molecular weight excluding hydrogens is 399 g/mol. The molecule has 1 saturated carbocycles. The van der Waals surface area contributed by atoms with Crippen molar-refractivity contribution in [2.75, 3.05) is 5.75 Å². The lowest BCUT2D eigenvalue weighted by atomic mass is 10.0. The maximum Gasteiger partial charge on any atom is 0.230 e. The van der Waals surface area contributed by atoms with E-state index < -0.39 is 0 Å². The molecule has 1 aliphatic carbocycles. The average molecular weight is 425 g/mol. The Hall–Kier alpha value is -2.67. The van der Waals surface area contributed by atoms with E-state index in [1.165, 1.54) is 17.8 Å². The molecule has 4 rings (SSSR count). The van der Waals surface area contributed by atoms with E-state index in [2.05, 4.69) is 22.4 Å². The number of nitrogens with zero attached hydrogens (tertiary/aromatic N) is 3. The number of carbonyl (C=O) groups excluding carboxylic acids is 1. The summed E-state index contributed by atoms with van der Waals surface area (Å²) in [6.45, 7) is 2.11. The van der Waals surface area contributed by atoms with Crippen LogP contribution in [-0.2, 0) is 4.79 Å². The van der Waals surface area contributed by atoms with Crippen LogP contribution < -0.4 is 5.32 Å². The van der Waals surface area contributed by atoms with Gasteiger partial charge in [-0.3, -0.25) is 9.36 Å². The molecule has 1 atom stereocenters. The van der Waals surface area contributed by atoms with Crippen LogP contribution in [0.5, 0.6) is 0 Å². The lowest BCUT2D eigenvalue weighted by Crippen LogP contribution is -2.30. The third-order valence-electron chi connectivity index (χ3n) is 5.14. The molecule has 2 aromatic carbocycles. The molecule has 3 aromatic rings. The highest BCUT2D eigenvalue weighted by molar-refractivity contribution is 7.99. The normalized spacial score (nSPS) is 14.5. The van der Waals surface area contributed by atoms with Gasteiger partial charge in [-0.2, -0.15) is 0 Å². The molecule has 0 aliphatic heterocycles. The predicted octanol–water partition coefficient (Wildman–Crippen LogP) is 5.17. The fourth-order valence-corrected chi connectivity index (χ4v) is 4.34. The van der Waals surface area contributed by atoms with Crippen molar-refractivity contribution < 1.29 is 9.18 Å². The summed E-state index contributed by atoms with van der Waals surface area (Å²) in [4.78, 5) is 12.7. The average Bonchev–Trinajstić information content (AvgIpc) is 3.52. The molecule has 0 spiro atoms. The van der Waals surface area contributed by atoms with Gasteiger partial charge in [0.05, 0.1) is 17.4 Å². The van der Waals surface area contributed by atoms with Crippen LogP contribution >= 0.6 is 11.8 Å². The van der Waals surface area contributed by atoms with E-state index >= 15 is 0 Å². The van der Waals surface area contributed by atoms with E-state index in [-0.39, 0.29) is 29.6 Å². The Morgan fingerprint density at radius 3 is 2.60 bits per heavy atom. The van der Waals surface area contributed by atoms with Crippen molar-refractivity contribution >= 4 is 17.7 Å². The molecule has 0 saturated heterocycles. The number of hydrogen-bond acceptors (Lipinski definition) is 4. The molecule has 7 heteroatoms. The van der Waals surface area contributed by atoms with E-state index in [0.29, 0.717) is 16.5 Å². The minimum Gasteiger partial charge on any atom is -0.349 e. The SMILES string of the molecule is CCC[C@H](NC(=O)CSc1nnc(-c2ccccc2F)n1C1CC1)c1ccccc1. The lowest BCUT2D eigenvalue weighted by Gasteiger charge is -2.18. The van der Waals surface area contributed by atoms with Gasteiger partial charge in [0.1, 0.15) is 5.82 Å². The molecule has 156 valence electrons. The number of nitrogens with one attached hydrogen (secondary N) is 1. The van der Waals surface area contributed by atoms with Gasteiger partial charge >= 0.3 is 0 Å². The molecule has 0 unspecified atom stereocenters. The van der Waals surface area contributed by atoms with Crippen LogP contribution in [0.25, 0.3) is 11.4 Å². The highest BCUT2D eigenvalue weighted by Crippen LogP contribution is 2.41. The van der Waals surface area contributed by atoms with Gasteiger partial charge in [-0.15, -0.1) is 10.2 Å². The first kappa shape index (κ1) is 20.6. The summed E-state index contributed by atoms with van der Waals surface area (Å²) in [5.41, 5.74) is 1.56. The summed E-state index contributed by atoms with van der Waals surface area (Å²) in [6.07, 6.45) is 3.91. The van der Waals surface area contributed by atoms with Crippen LogP contribution in [0.1, 0.15) is 50.3 Å². The topological polar surface area (TPSA) is 59.8 Å². The zero-order valence-electron chi connectivity index (χ0n) is 16.9. The number of rotatable bonds is 9. The summed E-state index contributed by atoms with van der Waals surface area (Å²) < 4.78 is 16.3. The second kappa shape index (κ2) is 9.43. The smallest absolute Gasteiger partial charge is 0.230 e. The van der Waals surface area contributed by atoms with Gasteiger partial charge in [0.2, 0.25) is 5.91 Å². The Balaban J connectivity index is 1.46. The van der Waals surface area contributed by atoms with Crippen LogP contribution in [0.4, 0.5) is 4.39 Å². The lowest BCUT2D eigenvalue weighted by molar-refractivity contribution is -0.119. The maximum atomic E-state index is 14.3. The molecule has 1 aromatic heterocycles. The first-order chi connectivity index (χ1) is 14.7. The summed E-state index contributed by atoms with van der Waals surface area (Å²) >= 11 is 1.35. The summed E-state index contributed by atoms with van der Waals surface area (Å²) in [5, 5.41) is 12.3. The first-order valence-corrected chi connectivity index (χ1v) is 11.3. The minimum atomic E-state index is -0.314. The monoisotopic (exact) mass is 424 g/mol. The molecular formula is C23H25FN4OS. The summed E-state index contributed by atoms with van der Waals surface area (Å²) in [5.74, 6) is 0.424. The maximum absolute atomic E-state index is 14.3. The fourth-order valence-electron chi connectivity index (χ4n) is 3.53. The second-order valence-electron chi connectivity index (χ2n) is 7.50. The molecule has 0 radical (unpaired) electrons. The number of benzene rings is 2. The number of carbonyl (C=O) groups is 1. The quantitative estimate of drug-likeness (QED) is 0.482. The third kappa shape index (κ3) is 4.73. The van der Waals surface area contributed by atoms with Gasteiger partial charge in [-0.25, -0.2) is 4.39 Å². The number of thioether (sulfide) groups is 1.